The minimum atomic E-state index is -4.62. The number of fused-ring (bicyclic) bond motifs is 2. The van der Waals surface area contributed by atoms with Gasteiger partial charge in [-0.1, -0.05) is 36.4 Å². The molecule has 1 N–H and O–H groups in total. The molecule has 2 atom stereocenters. The number of benzene rings is 2. The van der Waals surface area contributed by atoms with Gasteiger partial charge in [-0.25, -0.2) is 0 Å². The molecule has 0 aliphatic carbocycles. The van der Waals surface area contributed by atoms with Crippen molar-refractivity contribution in [2.24, 2.45) is 0 Å². The van der Waals surface area contributed by atoms with Crippen LogP contribution in [0.4, 0.5) is 13.2 Å². The van der Waals surface area contributed by atoms with E-state index in [-0.39, 0.29) is 17.6 Å². The first kappa shape index (κ1) is 19.0. The Labute approximate surface area is 162 Å². The molecule has 2 heterocycles. The zero-order valence-electron chi connectivity index (χ0n) is 15.3. The summed E-state index contributed by atoms with van der Waals surface area (Å²) in [6.07, 6.45) is -1.95. The lowest BCUT2D eigenvalue weighted by molar-refractivity contribution is -0.138. The standard InChI is InChI=1S/C22H21F3N2O/c23-22(24,25)20-10-17(7-6-16(20)13-26)21(28)11-18-8-9-19(12-21)27(18)14-15-4-2-1-3-5-15/h1-7,10,18-19,28H,8-9,11-12,14H2. The smallest absolute Gasteiger partial charge is 0.385 e. The third kappa shape index (κ3) is 3.41. The second-order valence-electron chi connectivity index (χ2n) is 7.85. The summed E-state index contributed by atoms with van der Waals surface area (Å²) in [5.41, 5.74) is -1.23. The number of rotatable bonds is 3. The van der Waals surface area contributed by atoms with E-state index in [0.717, 1.165) is 25.5 Å². The van der Waals surface area contributed by atoms with Gasteiger partial charge in [0.1, 0.15) is 0 Å². The number of halogens is 3. The van der Waals surface area contributed by atoms with Crippen molar-refractivity contribution in [3.8, 4) is 6.07 Å². The molecule has 2 saturated heterocycles. The molecule has 146 valence electrons. The van der Waals surface area contributed by atoms with Gasteiger partial charge in [-0.2, -0.15) is 18.4 Å². The summed E-state index contributed by atoms with van der Waals surface area (Å²) in [4.78, 5) is 2.37. The molecule has 0 saturated carbocycles. The second kappa shape index (κ2) is 6.91. The predicted molar refractivity (Wildman–Crippen MR) is 98.1 cm³/mol. The van der Waals surface area contributed by atoms with E-state index in [1.807, 2.05) is 18.2 Å². The largest absolute Gasteiger partial charge is 0.417 e. The molecule has 28 heavy (non-hydrogen) atoms. The maximum absolute atomic E-state index is 13.3. The Kier molecular flexibility index (Phi) is 4.68. The summed E-state index contributed by atoms with van der Waals surface area (Å²) in [5.74, 6) is 0. The van der Waals surface area contributed by atoms with Crippen molar-refractivity contribution < 1.29 is 18.3 Å². The van der Waals surface area contributed by atoms with E-state index in [4.69, 9.17) is 5.26 Å². The molecule has 2 unspecified atom stereocenters. The van der Waals surface area contributed by atoms with E-state index < -0.39 is 22.9 Å². The molecule has 2 aliphatic rings. The van der Waals surface area contributed by atoms with Crippen molar-refractivity contribution in [2.45, 2.75) is 56.1 Å². The summed E-state index contributed by atoms with van der Waals surface area (Å²) >= 11 is 0. The van der Waals surface area contributed by atoms with Crippen LogP contribution in [-0.2, 0) is 18.3 Å². The number of hydrogen-bond donors (Lipinski definition) is 1. The van der Waals surface area contributed by atoms with Crippen LogP contribution < -0.4 is 0 Å². The molecule has 2 aliphatic heterocycles. The highest BCUT2D eigenvalue weighted by molar-refractivity contribution is 5.44. The summed E-state index contributed by atoms with van der Waals surface area (Å²) in [7, 11) is 0. The van der Waals surface area contributed by atoms with Gasteiger partial charge < -0.3 is 5.11 Å². The van der Waals surface area contributed by atoms with E-state index in [2.05, 4.69) is 17.0 Å². The van der Waals surface area contributed by atoms with Crippen LogP contribution in [-0.4, -0.2) is 22.1 Å². The first-order valence-corrected chi connectivity index (χ1v) is 9.44. The zero-order chi connectivity index (χ0) is 19.9. The van der Waals surface area contributed by atoms with Crippen molar-refractivity contribution in [3.05, 3.63) is 70.8 Å². The van der Waals surface area contributed by atoms with Crippen molar-refractivity contribution in [1.29, 1.82) is 5.26 Å². The zero-order valence-corrected chi connectivity index (χ0v) is 15.3. The Bertz CT molecular complexity index is 890. The molecule has 2 bridgehead atoms. The van der Waals surface area contributed by atoms with E-state index in [0.29, 0.717) is 12.8 Å². The average Bonchev–Trinajstić information content (AvgIpc) is 2.91. The van der Waals surface area contributed by atoms with Gasteiger partial charge in [0.25, 0.3) is 0 Å². The molecular weight excluding hydrogens is 365 g/mol. The van der Waals surface area contributed by atoms with Crippen molar-refractivity contribution in [1.82, 2.24) is 4.90 Å². The first-order chi connectivity index (χ1) is 13.3. The summed E-state index contributed by atoms with van der Waals surface area (Å²) in [6.45, 7) is 0.785. The minimum absolute atomic E-state index is 0.133. The molecule has 6 heteroatoms. The van der Waals surface area contributed by atoms with Crippen LogP contribution in [0, 0.1) is 11.3 Å². The fourth-order valence-corrected chi connectivity index (χ4v) is 4.77. The predicted octanol–water partition coefficient (Wildman–Crippen LogP) is 4.59. The number of hydrogen-bond acceptors (Lipinski definition) is 3. The van der Waals surface area contributed by atoms with Gasteiger partial charge in [-0.3, -0.25) is 4.90 Å². The summed E-state index contributed by atoms with van der Waals surface area (Å²) in [5, 5.41) is 20.3. The van der Waals surface area contributed by atoms with E-state index in [9.17, 15) is 18.3 Å². The van der Waals surface area contributed by atoms with Crippen LogP contribution in [0.5, 0.6) is 0 Å². The molecular formula is C22H21F3N2O. The van der Waals surface area contributed by atoms with Crippen molar-refractivity contribution in [2.75, 3.05) is 0 Å². The Balaban J connectivity index is 1.60. The maximum atomic E-state index is 13.3. The van der Waals surface area contributed by atoms with Crippen LogP contribution >= 0.6 is 0 Å². The molecule has 0 spiro atoms. The second-order valence-corrected chi connectivity index (χ2v) is 7.85. The highest BCUT2D eigenvalue weighted by atomic mass is 19.4. The Morgan fingerprint density at radius 1 is 1.07 bits per heavy atom. The number of nitrogens with zero attached hydrogens (tertiary/aromatic N) is 2. The van der Waals surface area contributed by atoms with Gasteiger partial charge >= 0.3 is 6.18 Å². The average molecular weight is 386 g/mol. The van der Waals surface area contributed by atoms with E-state index >= 15 is 0 Å². The molecule has 4 rings (SSSR count). The Hall–Kier alpha value is -2.36. The van der Waals surface area contributed by atoms with Crippen LogP contribution in [0.1, 0.15) is 47.9 Å². The van der Waals surface area contributed by atoms with Gasteiger partial charge in [0.15, 0.2) is 0 Å². The van der Waals surface area contributed by atoms with Crippen molar-refractivity contribution in [3.63, 3.8) is 0 Å². The molecule has 2 aromatic rings. The Morgan fingerprint density at radius 3 is 2.29 bits per heavy atom. The van der Waals surface area contributed by atoms with Crippen LogP contribution in [0.15, 0.2) is 48.5 Å². The third-order valence-electron chi connectivity index (χ3n) is 6.11. The molecule has 2 aromatic carbocycles. The number of alkyl halides is 3. The van der Waals surface area contributed by atoms with Crippen LogP contribution in [0.3, 0.4) is 0 Å². The minimum Gasteiger partial charge on any atom is -0.385 e. The van der Waals surface area contributed by atoms with Crippen LogP contribution in [0.2, 0.25) is 0 Å². The number of nitriles is 1. The Morgan fingerprint density at radius 2 is 1.71 bits per heavy atom. The van der Waals surface area contributed by atoms with Gasteiger partial charge in [0.2, 0.25) is 0 Å². The summed E-state index contributed by atoms with van der Waals surface area (Å²) < 4.78 is 40.0. The fourth-order valence-electron chi connectivity index (χ4n) is 4.77. The molecule has 0 amide bonds. The molecule has 2 fully saturated rings. The lowest BCUT2D eigenvalue weighted by Crippen LogP contribution is -2.49. The fraction of sp³-hybridized carbons (Fsp3) is 0.409. The quantitative estimate of drug-likeness (QED) is 0.839. The third-order valence-corrected chi connectivity index (χ3v) is 6.11. The molecule has 3 nitrogen and oxygen atoms in total. The summed E-state index contributed by atoms with van der Waals surface area (Å²) in [6, 6.07) is 15.6. The highest BCUT2D eigenvalue weighted by Crippen LogP contribution is 2.47. The molecule has 0 radical (unpaired) electrons. The molecule has 0 aromatic heterocycles. The number of aliphatic hydroxyl groups is 1. The van der Waals surface area contributed by atoms with E-state index in [1.165, 1.54) is 17.7 Å². The highest BCUT2D eigenvalue weighted by Gasteiger charge is 2.48. The SMILES string of the molecule is N#Cc1ccc(C2(O)CC3CCC(C2)N3Cc2ccccc2)cc1C(F)(F)F. The normalized spacial score (nSPS) is 27.5. The maximum Gasteiger partial charge on any atom is 0.417 e. The van der Waals surface area contributed by atoms with Gasteiger partial charge in [-0.05, 0) is 48.9 Å². The van der Waals surface area contributed by atoms with Gasteiger partial charge in [0.05, 0.1) is 22.8 Å². The lowest BCUT2D eigenvalue weighted by Gasteiger charge is -2.44. The monoisotopic (exact) mass is 386 g/mol. The topological polar surface area (TPSA) is 47.3 Å². The lowest BCUT2D eigenvalue weighted by atomic mass is 9.79. The van der Waals surface area contributed by atoms with Crippen LogP contribution in [0.25, 0.3) is 0 Å². The number of piperidine rings is 1. The van der Waals surface area contributed by atoms with Crippen molar-refractivity contribution >= 4 is 0 Å². The first-order valence-electron chi connectivity index (χ1n) is 9.44. The van der Waals surface area contributed by atoms with E-state index in [1.54, 1.807) is 6.07 Å². The van der Waals surface area contributed by atoms with Gasteiger partial charge in [0, 0.05) is 18.6 Å². The van der Waals surface area contributed by atoms with Gasteiger partial charge in [-0.15, -0.1) is 0 Å².